The molecule has 0 bridgehead atoms. The molecule has 0 atom stereocenters. The van der Waals surface area contributed by atoms with Crippen LogP contribution >= 0.6 is 11.3 Å². The normalized spacial score (nSPS) is 11.7. The third-order valence-electron chi connectivity index (χ3n) is 2.98. The van der Waals surface area contributed by atoms with E-state index in [9.17, 15) is 17.6 Å². The molecule has 0 saturated carbocycles. The SMILES string of the molecule is CCN(CC)S(=O)(=O)c1nnc(NC(=O)c2cccc(F)c2)s1. The van der Waals surface area contributed by atoms with Crippen LogP contribution in [0.15, 0.2) is 28.6 Å². The Bertz CT molecular complexity index is 803. The molecule has 23 heavy (non-hydrogen) atoms. The lowest BCUT2D eigenvalue weighted by atomic mass is 10.2. The third-order valence-corrected chi connectivity index (χ3v) is 6.21. The van der Waals surface area contributed by atoms with Crippen molar-refractivity contribution in [2.75, 3.05) is 18.4 Å². The van der Waals surface area contributed by atoms with E-state index < -0.39 is 21.7 Å². The molecule has 0 aliphatic carbocycles. The van der Waals surface area contributed by atoms with Gasteiger partial charge < -0.3 is 0 Å². The lowest BCUT2D eigenvalue weighted by molar-refractivity contribution is 0.102. The van der Waals surface area contributed by atoms with Crippen molar-refractivity contribution >= 4 is 32.4 Å². The highest BCUT2D eigenvalue weighted by atomic mass is 32.2. The van der Waals surface area contributed by atoms with Gasteiger partial charge in [0.15, 0.2) is 0 Å². The van der Waals surface area contributed by atoms with Gasteiger partial charge >= 0.3 is 0 Å². The second-order valence-electron chi connectivity index (χ2n) is 4.43. The topological polar surface area (TPSA) is 92.3 Å². The molecule has 1 aromatic carbocycles. The van der Waals surface area contributed by atoms with Crippen molar-refractivity contribution < 1.29 is 17.6 Å². The van der Waals surface area contributed by atoms with Crippen LogP contribution in [0.1, 0.15) is 24.2 Å². The van der Waals surface area contributed by atoms with E-state index in [1.165, 1.54) is 22.5 Å². The molecule has 10 heteroatoms. The van der Waals surface area contributed by atoms with E-state index in [0.717, 1.165) is 17.4 Å². The fourth-order valence-corrected chi connectivity index (χ4v) is 4.33. The number of carbonyl (C=O) groups is 1. The Morgan fingerprint density at radius 1 is 1.30 bits per heavy atom. The predicted octanol–water partition coefficient (Wildman–Crippen LogP) is 1.96. The number of benzene rings is 1. The van der Waals surface area contributed by atoms with E-state index in [4.69, 9.17) is 0 Å². The quantitative estimate of drug-likeness (QED) is 0.797. The number of hydrogen-bond acceptors (Lipinski definition) is 6. The Morgan fingerprint density at radius 3 is 2.61 bits per heavy atom. The van der Waals surface area contributed by atoms with E-state index >= 15 is 0 Å². The van der Waals surface area contributed by atoms with Gasteiger partial charge in [-0.05, 0) is 18.2 Å². The summed E-state index contributed by atoms with van der Waals surface area (Å²) in [6.07, 6.45) is 0. The molecule has 7 nitrogen and oxygen atoms in total. The minimum atomic E-state index is -3.72. The van der Waals surface area contributed by atoms with Gasteiger partial charge in [0.05, 0.1) is 0 Å². The van der Waals surface area contributed by atoms with Crippen LogP contribution < -0.4 is 5.32 Å². The minimum Gasteiger partial charge on any atom is -0.296 e. The van der Waals surface area contributed by atoms with Gasteiger partial charge in [-0.25, -0.2) is 12.8 Å². The molecular weight excluding hydrogens is 343 g/mol. The fraction of sp³-hybridized carbons (Fsp3) is 0.308. The molecule has 1 N–H and O–H groups in total. The van der Waals surface area contributed by atoms with Crippen LogP contribution in [-0.2, 0) is 10.0 Å². The molecule has 0 spiro atoms. The van der Waals surface area contributed by atoms with E-state index in [0.29, 0.717) is 13.1 Å². The Balaban J connectivity index is 2.18. The van der Waals surface area contributed by atoms with Crippen molar-refractivity contribution in [2.24, 2.45) is 0 Å². The molecule has 0 radical (unpaired) electrons. The van der Waals surface area contributed by atoms with Crippen LogP contribution in [-0.4, -0.2) is 41.9 Å². The molecule has 0 fully saturated rings. The summed E-state index contributed by atoms with van der Waals surface area (Å²) in [7, 11) is -3.72. The Hall–Kier alpha value is -1.91. The predicted molar refractivity (Wildman–Crippen MR) is 84.4 cm³/mol. The number of halogens is 1. The first kappa shape index (κ1) is 17.4. The molecule has 1 heterocycles. The molecule has 0 aliphatic rings. The summed E-state index contributed by atoms with van der Waals surface area (Å²) in [5.41, 5.74) is 0.105. The van der Waals surface area contributed by atoms with Crippen LogP contribution in [0.5, 0.6) is 0 Å². The lowest BCUT2D eigenvalue weighted by Gasteiger charge is -2.15. The summed E-state index contributed by atoms with van der Waals surface area (Å²) in [6, 6.07) is 5.13. The highest BCUT2D eigenvalue weighted by Gasteiger charge is 2.26. The fourth-order valence-electron chi connectivity index (χ4n) is 1.84. The number of nitrogens with one attached hydrogen (secondary N) is 1. The van der Waals surface area contributed by atoms with Gasteiger partial charge in [0.2, 0.25) is 9.47 Å². The van der Waals surface area contributed by atoms with E-state index in [-0.39, 0.29) is 15.0 Å². The number of rotatable bonds is 6. The second-order valence-corrected chi connectivity index (χ2v) is 7.52. The number of nitrogens with zero attached hydrogens (tertiary/aromatic N) is 3. The molecular formula is C13H15FN4O3S2. The van der Waals surface area contributed by atoms with Crippen molar-refractivity contribution in [3.05, 3.63) is 35.6 Å². The zero-order valence-electron chi connectivity index (χ0n) is 12.5. The maximum atomic E-state index is 13.1. The zero-order valence-corrected chi connectivity index (χ0v) is 14.1. The first-order valence-corrected chi connectivity index (χ1v) is 9.04. The van der Waals surface area contributed by atoms with Gasteiger partial charge in [0.1, 0.15) is 5.82 Å². The van der Waals surface area contributed by atoms with E-state index in [1.807, 2.05) is 0 Å². The molecule has 1 amide bonds. The van der Waals surface area contributed by atoms with Crippen LogP contribution in [0.2, 0.25) is 0 Å². The Kier molecular flexibility index (Phi) is 5.39. The lowest BCUT2D eigenvalue weighted by Crippen LogP contribution is -2.30. The van der Waals surface area contributed by atoms with Crippen molar-refractivity contribution in [1.82, 2.24) is 14.5 Å². The molecule has 0 saturated heterocycles. The molecule has 124 valence electrons. The number of amides is 1. The maximum Gasteiger partial charge on any atom is 0.272 e. The van der Waals surface area contributed by atoms with Crippen molar-refractivity contribution in [2.45, 2.75) is 18.2 Å². The summed E-state index contributed by atoms with van der Waals surface area (Å²) in [6.45, 7) is 4.05. The standard InChI is InChI=1S/C13H15FN4O3S2/c1-3-18(4-2)23(20,21)13-17-16-12(22-13)15-11(19)9-6-5-7-10(14)8-9/h5-8H,3-4H2,1-2H3,(H,15,16,19). The van der Waals surface area contributed by atoms with Gasteiger partial charge in [-0.2, -0.15) is 4.31 Å². The molecule has 2 rings (SSSR count). The second kappa shape index (κ2) is 7.11. The Labute approximate surface area is 137 Å². The summed E-state index contributed by atoms with van der Waals surface area (Å²) >= 11 is 0.749. The largest absolute Gasteiger partial charge is 0.296 e. The first-order valence-electron chi connectivity index (χ1n) is 6.79. The van der Waals surface area contributed by atoms with Gasteiger partial charge in [-0.15, -0.1) is 10.2 Å². The number of anilines is 1. The average Bonchev–Trinajstić information content (AvgIpc) is 2.97. The summed E-state index contributed by atoms with van der Waals surface area (Å²) in [5, 5.41) is 9.72. The van der Waals surface area contributed by atoms with Crippen LogP contribution in [0.4, 0.5) is 9.52 Å². The van der Waals surface area contributed by atoms with Crippen molar-refractivity contribution in [3.63, 3.8) is 0 Å². The monoisotopic (exact) mass is 358 g/mol. The minimum absolute atomic E-state index is 0.0324. The zero-order chi connectivity index (χ0) is 17.0. The highest BCUT2D eigenvalue weighted by molar-refractivity contribution is 7.91. The molecule has 1 aromatic heterocycles. The third kappa shape index (κ3) is 3.89. The Morgan fingerprint density at radius 2 is 2.00 bits per heavy atom. The first-order chi connectivity index (χ1) is 10.9. The van der Waals surface area contributed by atoms with Crippen molar-refractivity contribution in [1.29, 1.82) is 0 Å². The number of hydrogen-bond donors (Lipinski definition) is 1. The van der Waals surface area contributed by atoms with Gasteiger partial charge in [-0.3, -0.25) is 10.1 Å². The maximum absolute atomic E-state index is 13.1. The van der Waals surface area contributed by atoms with E-state index in [2.05, 4.69) is 15.5 Å². The molecule has 0 unspecified atom stereocenters. The van der Waals surface area contributed by atoms with Gasteiger partial charge in [-0.1, -0.05) is 31.3 Å². The molecule has 2 aromatic rings. The van der Waals surface area contributed by atoms with Crippen LogP contribution in [0, 0.1) is 5.82 Å². The number of sulfonamides is 1. The van der Waals surface area contributed by atoms with Gasteiger partial charge in [0.25, 0.3) is 15.9 Å². The molecule has 0 aliphatic heterocycles. The summed E-state index contributed by atoms with van der Waals surface area (Å²) < 4.78 is 38.7. The summed E-state index contributed by atoms with van der Waals surface area (Å²) in [5.74, 6) is -1.13. The summed E-state index contributed by atoms with van der Waals surface area (Å²) in [4.78, 5) is 12.0. The van der Waals surface area contributed by atoms with Crippen LogP contribution in [0.25, 0.3) is 0 Å². The van der Waals surface area contributed by atoms with Gasteiger partial charge in [0, 0.05) is 18.7 Å². The highest BCUT2D eigenvalue weighted by Crippen LogP contribution is 2.23. The average molecular weight is 358 g/mol. The van der Waals surface area contributed by atoms with Crippen molar-refractivity contribution in [3.8, 4) is 0 Å². The van der Waals surface area contributed by atoms with Crippen LogP contribution in [0.3, 0.4) is 0 Å². The number of aromatic nitrogens is 2. The van der Waals surface area contributed by atoms with E-state index in [1.54, 1.807) is 13.8 Å². The number of carbonyl (C=O) groups excluding carboxylic acids is 1. The smallest absolute Gasteiger partial charge is 0.272 e.